The first-order chi connectivity index (χ1) is 9.01. The predicted octanol–water partition coefficient (Wildman–Crippen LogP) is 4.58. The number of benzene rings is 2. The normalized spacial score (nSPS) is 12.3. The molecule has 0 saturated heterocycles. The van der Waals surface area contributed by atoms with Crippen LogP contribution in [0.5, 0.6) is 5.75 Å². The van der Waals surface area contributed by atoms with Crippen LogP contribution in [-0.2, 0) is 0 Å². The van der Waals surface area contributed by atoms with Crippen molar-refractivity contribution < 1.29 is 4.74 Å². The maximum atomic E-state index is 6.33. The van der Waals surface area contributed by atoms with Crippen LogP contribution in [0.15, 0.2) is 45.3 Å². The zero-order chi connectivity index (χ0) is 14.0. The fraction of sp³-hybridized carbons (Fsp3) is 0.200. The van der Waals surface area contributed by atoms with E-state index in [1.165, 1.54) is 5.56 Å². The largest absolute Gasteiger partial charge is 0.496 e. The van der Waals surface area contributed by atoms with Crippen LogP contribution in [-0.4, -0.2) is 7.11 Å². The van der Waals surface area contributed by atoms with Crippen molar-refractivity contribution in [2.75, 3.05) is 7.11 Å². The van der Waals surface area contributed by atoms with E-state index in [4.69, 9.17) is 10.5 Å². The highest BCUT2D eigenvalue weighted by atomic mass is 79.9. The molecule has 0 aliphatic rings. The van der Waals surface area contributed by atoms with Gasteiger partial charge in [-0.1, -0.05) is 28.1 Å². The fourth-order valence-electron chi connectivity index (χ4n) is 2.01. The van der Waals surface area contributed by atoms with E-state index in [-0.39, 0.29) is 6.04 Å². The topological polar surface area (TPSA) is 35.2 Å². The number of ether oxygens (including phenoxy) is 1. The highest BCUT2D eigenvalue weighted by molar-refractivity contribution is 9.10. The molecule has 2 aromatic carbocycles. The van der Waals surface area contributed by atoms with Crippen LogP contribution in [0.4, 0.5) is 0 Å². The number of hydrogen-bond donors (Lipinski definition) is 1. The summed E-state index contributed by atoms with van der Waals surface area (Å²) in [4.78, 5) is 0. The van der Waals surface area contributed by atoms with Crippen molar-refractivity contribution in [1.29, 1.82) is 0 Å². The lowest BCUT2D eigenvalue weighted by molar-refractivity contribution is 0.412. The van der Waals surface area contributed by atoms with Crippen molar-refractivity contribution in [2.24, 2.45) is 5.73 Å². The average Bonchev–Trinajstić information content (AvgIpc) is 2.36. The maximum Gasteiger partial charge on any atom is 0.133 e. The van der Waals surface area contributed by atoms with Crippen molar-refractivity contribution in [3.8, 4) is 5.75 Å². The van der Waals surface area contributed by atoms with Crippen molar-refractivity contribution in [3.63, 3.8) is 0 Å². The third-order valence-corrected chi connectivity index (χ3v) is 4.04. The van der Waals surface area contributed by atoms with Crippen molar-refractivity contribution >= 4 is 31.9 Å². The van der Waals surface area contributed by atoms with Crippen LogP contribution in [0, 0.1) is 6.92 Å². The molecule has 0 saturated carbocycles. The second-order valence-electron chi connectivity index (χ2n) is 4.43. The fourth-order valence-corrected chi connectivity index (χ4v) is 3.20. The van der Waals surface area contributed by atoms with Gasteiger partial charge in [-0.3, -0.25) is 0 Å². The van der Waals surface area contributed by atoms with Gasteiger partial charge in [-0.05, 0) is 63.8 Å². The van der Waals surface area contributed by atoms with Gasteiger partial charge in [0.25, 0.3) is 0 Å². The van der Waals surface area contributed by atoms with E-state index in [0.717, 1.165) is 25.8 Å². The van der Waals surface area contributed by atoms with E-state index in [0.29, 0.717) is 0 Å². The molecule has 0 aliphatic heterocycles. The summed E-state index contributed by atoms with van der Waals surface area (Å²) in [6.07, 6.45) is 0. The van der Waals surface area contributed by atoms with Crippen LogP contribution < -0.4 is 10.5 Å². The van der Waals surface area contributed by atoms with Gasteiger partial charge in [0, 0.05) is 4.47 Å². The smallest absolute Gasteiger partial charge is 0.133 e. The predicted molar refractivity (Wildman–Crippen MR) is 85.6 cm³/mol. The highest BCUT2D eigenvalue weighted by Crippen LogP contribution is 2.30. The summed E-state index contributed by atoms with van der Waals surface area (Å²) in [5, 5.41) is 0. The monoisotopic (exact) mass is 383 g/mol. The first-order valence-corrected chi connectivity index (χ1v) is 7.46. The molecule has 19 heavy (non-hydrogen) atoms. The van der Waals surface area contributed by atoms with Crippen molar-refractivity contribution in [2.45, 2.75) is 13.0 Å². The van der Waals surface area contributed by atoms with E-state index in [9.17, 15) is 0 Å². The Labute approximate surface area is 130 Å². The molecule has 1 atom stereocenters. The minimum absolute atomic E-state index is 0.154. The number of hydrogen-bond acceptors (Lipinski definition) is 2. The van der Waals surface area contributed by atoms with Gasteiger partial charge in [0.2, 0.25) is 0 Å². The lowest BCUT2D eigenvalue weighted by Crippen LogP contribution is -2.12. The van der Waals surface area contributed by atoms with Gasteiger partial charge >= 0.3 is 0 Å². The number of halogens is 2. The molecule has 100 valence electrons. The minimum atomic E-state index is -0.154. The number of aryl methyl sites for hydroxylation is 1. The molecule has 0 spiro atoms. The number of methoxy groups -OCH3 is 1. The van der Waals surface area contributed by atoms with Gasteiger partial charge in [-0.25, -0.2) is 0 Å². The van der Waals surface area contributed by atoms with Gasteiger partial charge in [-0.2, -0.15) is 0 Å². The Morgan fingerprint density at radius 2 is 1.79 bits per heavy atom. The SMILES string of the molecule is COc1ccc(C(N)c2cc(C)cc(Br)c2)cc1Br. The molecule has 0 bridgehead atoms. The zero-order valence-electron chi connectivity index (χ0n) is 10.8. The van der Waals surface area contributed by atoms with Gasteiger partial charge < -0.3 is 10.5 Å². The summed E-state index contributed by atoms with van der Waals surface area (Å²) in [7, 11) is 1.65. The Balaban J connectivity index is 2.38. The summed E-state index contributed by atoms with van der Waals surface area (Å²) in [5.74, 6) is 0.807. The summed E-state index contributed by atoms with van der Waals surface area (Å²) < 4.78 is 7.19. The van der Waals surface area contributed by atoms with E-state index in [2.05, 4.69) is 57.0 Å². The molecule has 2 N–H and O–H groups in total. The van der Waals surface area contributed by atoms with E-state index in [1.54, 1.807) is 7.11 Å². The molecule has 1 unspecified atom stereocenters. The summed E-state index contributed by atoms with van der Waals surface area (Å²) in [6.45, 7) is 2.06. The highest BCUT2D eigenvalue weighted by Gasteiger charge is 2.12. The Morgan fingerprint density at radius 3 is 2.37 bits per heavy atom. The molecule has 0 amide bonds. The Hall–Kier alpha value is -0.840. The molecule has 0 aromatic heterocycles. The van der Waals surface area contributed by atoms with Crippen LogP contribution in [0.1, 0.15) is 22.7 Å². The van der Waals surface area contributed by atoms with E-state index < -0.39 is 0 Å². The summed E-state index contributed by atoms with van der Waals surface area (Å²) >= 11 is 6.99. The van der Waals surface area contributed by atoms with Gasteiger partial charge in [-0.15, -0.1) is 0 Å². The molecular formula is C15H15Br2NO. The van der Waals surface area contributed by atoms with Crippen LogP contribution in [0.3, 0.4) is 0 Å². The van der Waals surface area contributed by atoms with E-state index >= 15 is 0 Å². The van der Waals surface area contributed by atoms with Crippen LogP contribution >= 0.6 is 31.9 Å². The molecule has 0 fully saturated rings. The summed E-state index contributed by atoms with van der Waals surface area (Å²) in [6, 6.07) is 12.0. The third kappa shape index (κ3) is 3.38. The van der Waals surface area contributed by atoms with E-state index in [1.807, 2.05) is 18.2 Å². The van der Waals surface area contributed by atoms with Gasteiger partial charge in [0.1, 0.15) is 5.75 Å². The first kappa shape index (κ1) is 14.6. The number of nitrogens with two attached hydrogens (primary N) is 1. The lowest BCUT2D eigenvalue weighted by Gasteiger charge is -2.15. The number of rotatable bonds is 3. The molecule has 0 aliphatic carbocycles. The Kier molecular flexibility index (Phi) is 4.66. The van der Waals surface area contributed by atoms with Gasteiger partial charge in [0.15, 0.2) is 0 Å². The second kappa shape index (κ2) is 6.07. The van der Waals surface area contributed by atoms with Crippen molar-refractivity contribution in [3.05, 3.63) is 62.0 Å². The average molecular weight is 385 g/mol. The molecule has 0 radical (unpaired) electrons. The second-order valence-corrected chi connectivity index (χ2v) is 6.20. The summed E-state index contributed by atoms with van der Waals surface area (Å²) in [5.41, 5.74) is 9.65. The zero-order valence-corrected chi connectivity index (χ0v) is 14.0. The molecule has 2 rings (SSSR count). The quantitative estimate of drug-likeness (QED) is 0.840. The molecule has 2 nitrogen and oxygen atoms in total. The molecule has 4 heteroatoms. The standard InChI is InChI=1S/C15H15Br2NO/c1-9-5-11(7-12(16)6-9)15(18)10-3-4-14(19-2)13(17)8-10/h3-8,15H,18H2,1-2H3. The van der Waals surface area contributed by atoms with Crippen LogP contribution in [0.25, 0.3) is 0 Å². The Morgan fingerprint density at radius 1 is 1.05 bits per heavy atom. The maximum absolute atomic E-state index is 6.33. The molecule has 0 heterocycles. The van der Waals surface area contributed by atoms with Crippen LogP contribution in [0.2, 0.25) is 0 Å². The minimum Gasteiger partial charge on any atom is -0.496 e. The molecular weight excluding hydrogens is 370 g/mol. The molecule has 2 aromatic rings. The van der Waals surface area contributed by atoms with Crippen molar-refractivity contribution in [1.82, 2.24) is 0 Å². The third-order valence-electron chi connectivity index (χ3n) is 2.96. The Bertz CT molecular complexity index is 578. The van der Waals surface area contributed by atoms with Gasteiger partial charge in [0.05, 0.1) is 17.6 Å². The first-order valence-electron chi connectivity index (χ1n) is 5.87. The lowest BCUT2D eigenvalue weighted by atomic mass is 9.98.